The molecule has 0 aliphatic carbocycles. The fraction of sp³-hybridized carbons (Fsp3) is 0.333. The van der Waals surface area contributed by atoms with E-state index in [1.165, 1.54) is 6.08 Å². The summed E-state index contributed by atoms with van der Waals surface area (Å²) in [5.41, 5.74) is 1.26. The van der Waals surface area contributed by atoms with Crippen molar-refractivity contribution in [2.75, 3.05) is 6.61 Å². The second-order valence-electron chi connectivity index (χ2n) is 3.27. The van der Waals surface area contributed by atoms with Gasteiger partial charge >= 0.3 is 5.97 Å². The minimum atomic E-state index is -0.359. The number of aliphatic imine (C=N–C) groups is 1. The summed E-state index contributed by atoms with van der Waals surface area (Å²) in [7, 11) is 0. The van der Waals surface area contributed by atoms with Gasteiger partial charge in [-0.05, 0) is 31.5 Å². The minimum Gasteiger partial charge on any atom is -0.466 e. The van der Waals surface area contributed by atoms with E-state index in [0.717, 1.165) is 5.56 Å². The van der Waals surface area contributed by atoms with Crippen LogP contribution in [-0.4, -0.2) is 18.7 Å². The molecule has 0 radical (unpaired) electrons. The summed E-state index contributed by atoms with van der Waals surface area (Å²) in [6.45, 7) is 3.87. The molecule has 4 heteroatoms. The molecule has 84 valence electrons. The monoisotopic (exact) mass is 219 g/mol. The van der Waals surface area contributed by atoms with Crippen molar-refractivity contribution in [1.82, 2.24) is 0 Å². The third kappa shape index (κ3) is 3.04. The normalized spacial score (nSPS) is 11.4. The molecule has 0 aliphatic heterocycles. The van der Waals surface area contributed by atoms with Gasteiger partial charge in [0.1, 0.15) is 0 Å². The molecule has 0 amide bonds. The van der Waals surface area contributed by atoms with Crippen molar-refractivity contribution in [1.29, 1.82) is 0 Å². The molecular weight excluding hydrogens is 206 g/mol. The third-order valence-corrected chi connectivity index (χ3v) is 2.19. The first-order chi connectivity index (χ1) is 7.69. The number of rotatable bonds is 4. The van der Waals surface area contributed by atoms with Gasteiger partial charge in [0.05, 0.1) is 18.2 Å². The molecule has 1 aromatic rings. The smallest absolute Gasteiger partial charge is 0.313 e. The molecule has 1 unspecified atom stereocenters. The largest absolute Gasteiger partial charge is 0.466 e. The lowest BCUT2D eigenvalue weighted by atomic mass is 10.0. The summed E-state index contributed by atoms with van der Waals surface area (Å²) >= 11 is 0. The molecule has 1 aromatic carbocycles. The molecule has 0 fully saturated rings. The average Bonchev–Trinajstić information content (AvgIpc) is 2.29. The highest BCUT2D eigenvalue weighted by Crippen LogP contribution is 2.21. The number of esters is 1. The molecule has 0 heterocycles. The summed E-state index contributed by atoms with van der Waals surface area (Å²) in [5.74, 6) is -0.642. The summed E-state index contributed by atoms with van der Waals surface area (Å²) < 4.78 is 4.91. The second kappa shape index (κ2) is 5.83. The highest BCUT2D eigenvalue weighted by molar-refractivity contribution is 5.78. The van der Waals surface area contributed by atoms with Gasteiger partial charge in [-0.1, -0.05) is 12.1 Å². The van der Waals surface area contributed by atoms with Crippen LogP contribution in [0.2, 0.25) is 0 Å². The molecule has 1 rings (SSSR count). The molecule has 1 atom stereocenters. The van der Waals surface area contributed by atoms with Crippen LogP contribution >= 0.6 is 0 Å². The Labute approximate surface area is 94.0 Å². The van der Waals surface area contributed by atoms with Gasteiger partial charge in [0.15, 0.2) is 0 Å². The lowest BCUT2D eigenvalue weighted by Crippen LogP contribution is -2.12. The van der Waals surface area contributed by atoms with E-state index in [1.54, 1.807) is 38.1 Å². The van der Waals surface area contributed by atoms with E-state index in [4.69, 9.17) is 4.74 Å². The van der Waals surface area contributed by atoms with Gasteiger partial charge in [-0.2, -0.15) is 4.99 Å². The maximum atomic E-state index is 11.5. The molecule has 0 spiro atoms. The van der Waals surface area contributed by atoms with Crippen LogP contribution in [0.4, 0.5) is 5.69 Å². The fourth-order valence-corrected chi connectivity index (χ4v) is 1.32. The number of ether oxygens (including phenoxy) is 1. The van der Waals surface area contributed by atoms with E-state index in [9.17, 15) is 9.59 Å². The van der Waals surface area contributed by atoms with E-state index >= 15 is 0 Å². The van der Waals surface area contributed by atoms with E-state index in [-0.39, 0.29) is 11.9 Å². The van der Waals surface area contributed by atoms with Crippen molar-refractivity contribution >= 4 is 17.7 Å². The summed E-state index contributed by atoms with van der Waals surface area (Å²) in [4.78, 5) is 25.1. The zero-order chi connectivity index (χ0) is 12.0. The van der Waals surface area contributed by atoms with Crippen LogP contribution < -0.4 is 0 Å². The van der Waals surface area contributed by atoms with E-state index in [1.807, 2.05) is 0 Å². The van der Waals surface area contributed by atoms with E-state index in [0.29, 0.717) is 12.3 Å². The van der Waals surface area contributed by atoms with Crippen LogP contribution in [-0.2, 0) is 14.3 Å². The summed E-state index contributed by atoms with van der Waals surface area (Å²) in [5, 5.41) is 0. The quantitative estimate of drug-likeness (QED) is 0.443. The molecule has 0 saturated carbocycles. The van der Waals surface area contributed by atoms with Crippen LogP contribution in [0.3, 0.4) is 0 Å². The Morgan fingerprint density at radius 2 is 2.31 bits per heavy atom. The van der Waals surface area contributed by atoms with Crippen LogP contribution in [0.1, 0.15) is 25.3 Å². The topological polar surface area (TPSA) is 55.7 Å². The van der Waals surface area contributed by atoms with E-state index < -0.39 is 0 Å². The predicted molar refractivity (Wildman–Crippen MR) is 59.3 cm³/mol. The first kappa shape index (κ1) is 12.1. The molecule has 0 N–H and O–H groups in total. The van der Waals surface area contributed by atoms with Crippen molar-refractivity contribution in [3.8, 4) is 0 Å². The number of carbonyl (C=O) groups excluding carboxylic acids is 2. The van der Waals surface area contributed by atoms with Crippen molar-refractivity contribution in [2.45, 2.75) is 19.8 Å². The SMILES string of the molecule is CCOC(=O)C(C)c1cccc(N=C=O)c1. The lowest BCUT2D eigenvalue weighted by Gasteiger charge is -2.10. The number of hydrogen-bond donors (Lipinski definition) is 0. The first-order valence-corrected chi connectivity index (χ1v) is 5.03. The highest BCUT2D eigenvalue weighted by Gasteiger charge is 2.16. The zero-order valence-electron chi connectivity index (χ0n) is 9.27. The molecule has 4 nitrogen and oxygen atoms in total. The minimum absolute atomic E-state index is 0.283. The second-order valence-corrected chi connectivity index (χ2v) is 3.27. The Kier molecular flexibility index (Phi) is 4.42. The van der Waals surface area contributed by atoms with Crippen LogP contribution in [0, 0.1) is 0 Å². The van der Waals surface area contributed by atoms with Gasteiger partial charge in [-0.25, -0.2) is 4.79 Å². The number of nitrogens with zero attached hydrogens (tertiary/aromatic N) is 1. The van der Waals surface area contributed by atoms with Gasteiger partial charge in [0, 0.05) is 0 Å². The summed E-state index contributed by atoms with van der Waals surface area (Å²) in [6.07, 6.45) is 1.46. The highest BCUT2D eigenvalue weighted by atomic mass is 16.5. The molecule has 0 bridgehead atoms. The summed E-state index contributed by atoms with van der Waals surface area (Å²) in [6, 6.07) is 6.88. The van der Waals surface area contributed by atoms with Gasteiger partial charge < -0.3 is 4.74 Å². The van der Waals surface area contributed by atoms with Crippen LogP contribution in [0.5, 0.6) is 0 Å². The Balaban J connectivity index is 2.90. The van der Waals surface area contributed by atoms with Crippen molar-refractivity contribution in [2.24, 2.45) is 4.99 Å². The molecule has 0 saturated heterocycles. The third-order valence-electron chi connectivity index (χ3n) is 2.19. The van der Waals surface area contributed by atoms with Crippen molar-refractivity contribution in [3.05, 3.63) is 29.8 Å². The van der Waals surface area contributed by atoms with Crippen molar-refractivity contribution < 1.29 is 14.3 Å². The van der Waals surface area contributed by atoms with Crippen molar-refractivity contribution in [3.63, 3.8) is 0 Å². The first-order valence-electron chi connectivity index (χ1n) is 5.03. The molecule has 0 aromatic heterocycles. The molecule has 16 heavy (non-hydrogen) atoms. The number of benzene rings is 1. The Morgan fingerprint density at radius 1 is 1.56 bits per heavy atom. The van der Waals surface area contributed by atoms with Gasteiger partial charge in [0.25, 0.3) is 0 Å². The van der Waals surface area contributed by atoms with Crippen LogP contribution in [0.25, 0.3) is 0 Å². The van der Waals surface area contributed by atoms with Gasteiger partial charge in [0.2, 0.25) is 6.08 Å². The Morgan fingerprint density at radius 3 is 2.94 bits per heavy atom. The molecular formula is C12H13NO3. The number of carbonyl (C=O) groups is 1. The van der Waals surface area contributed by atoms with E-state index in [2.05, 4.69) is 4.99 Å². The number of hydrogen-bond acceptors (Lipinski definition) is 4. The fourth-order valence-electron chi connectivity index (χ4n) is 1.32. The maximum Gasteiger partial charge on any atom is 0.313 e. The van der Waals surface area contributed by atoms with Crippen LogP contribution in [0.15, 0.2) is 29.3 Å². The predicted octanol–water partition coefficient (Wildman–Crippen LogP) is 2.32. The Bertz CT molecular complexity index is 422. The Hall–Kier alpha value is -1.93. The standard InChI is InChI=1S/C12H13NO3/c1-3-16-12(15)9(2)10-5-4-6-11(7-10)13-8-14/h4-7,9H,3H2,1-2H3. The molecule has 0 aliphatic rings. The maximum absolute atomic E-state index is 11.5. The number of isocyanates is 1. The van der Waals surface area contributed by atoms with Gasteiger partial charge in [-0.15, -0.1) is 0 Å². The van der Waals surface area contributed by atoms with Gasteiger partial charge in [-0.3, -0.25) is 4.79 Å². The zero-order valence-corrected chi connectivity index (χ0v) is 9.27. The average molecular weight is 219 g/mol. The lowest BCUT2D eigenvalue weighted by molar-refractivity contribution is -0.144.